The molecule has 1 rings (SSSR count). The Kier molecular flexibility index (Phi) is 10.1. The van der Waals surface area contributed by atoms with Crippen LogP contribution in [0.25, 0.3) is 0 Å². The second kappa shape index (κ2) is 11.8. The van der Waals surface area contributed by atoms with Crippen LogP contribution in [0.4, 0.5) is 0 Å². The van der Waals surface area contributed by atoms with Gasteiger partial charge in [0.05, 0.1) is 6.61 Å². The molecule has 0 aliphatic rings. The standard InChI is InChI=1S/C21H34O5/c1-5-9-10-14-25-26-20-17(13-8-4)15(11-6-2)16(12-7-3)18(19(20)22)21(23)24/h22H,5-14H2,1-4H3,(H,23,24). The van der Waals surface area contributed by atoms with Crippen LogP contribution in [0.5, 0.6) is 11.5 Å². The third-order valence-electron chi connectivity index (χ3n) is 4.44. The van der Waals surface area contributed by atoms with Crippen molar-refractivity contribution in [2.45, 2.75) is 85.5 Å². The first-order chi connectivity index (χ1) is 12.5. The molecule has 1 aromatic rings. The van der Waals surface area contributed by atoms with E-state index in [1.165, 1.54) is 0 Å². The molecule has 0 bridgehead atoms. The number of aromatic carboxylic acids is 1. The zero-order chi connectivity index (χ0) is 19.5. The fourth-order valence-electron chi connectivity index (χ4n) is 3.29. The van der Waals surface area contributed by atoms with Crippen LogP contribution in [-0.4, -0.2) is 22.8 Å². The van der Waals surface area contributed by atoms with Gasteiger partial charge in [-0.15, -0.1) is 0 Å². The summed E-state index contributed by atoms with van der Waals surface area (Å²) in [6, 6.07) is 0. The smallest absolute Gasteiger partial charge is 0.339 e. The van der Waals surface area contributed by atoms with Crippen molar-refractivity contribution in [2.24, 2.45) is 0 Å². The summed E-state index contributed by atoms with van der Waals surface area (Å²) in [7, 11) is 0. The Labute approximate surface area is 157 Å². The van der Waals surface area contributed by atoms with E-state index in [2.05, 4.69) is 20.8 Å². The van der Waals surface area contributed by atoms with Gasteiger partial charge in [-0.2, -0.15) is 4.89 Å². The lowest BCUT2D eigenvalue weighted by Gasteiger charge is -2.21. The summed E-state index contributed by atoms with van der Waals surface area (Å²) in [5.41, 5.74) is 2.58. The molecule has 0 heterocycles. The molecule has 26 heavy (non-hydrogen) atoms. The van der Waals surface area contributed by atoms with Gasteiger partial charge in [0.15, 0.2) is 5.75 Å². The molecule has 5 nitrogen and oxygen atoms in total. The van der Waals surface area contributed by atoms with Crippen LogP contribution in [0.1, 0.15) is 93.3 Å². The van der Waals surface area contributed by atoms with Crippen LogP contribution < -0.4 is 4.89 Å². The first-order valence-electron chi connectivity index (χ1n) is 9.95. The number of hydrogen-bond acceptors (Lipinski definition) is 4. The molecule has 0 fully saturated rings. The van der Waals surface area contributed by atoms with Crippen molar-refractivity contribution in [2.75, 3.05) is 6.61 Å². The van der Waals surface area contributed by atoms with Crippen LogP contribution in [0.2, 0.25) is 0 Å². The predicted molar refractivity (Wildman–Crippen MR) is 103 cm³/mol. The van der Waals surface area contributed by atoms with Gasteiger partial charge in [-0.1, -0.05) is 59.8 Å². The van der Waals surface area contributed by atoms with E-state index in [4.69, 9.17) is 9.78 Å². The van der Waals surface area contributed by atoms with E-state index >= 15 is 0 Å². The molecular formula is C21H34O5. The number of aromatic hydroxyl groups is 1. The summed E-state index contributed by atoms with van der Waals surface area (Å²) < 4.78 is 0. The van der Waals surface area contributed by atoms with Crippen molar-refractivity contribution in [1.82, 2.24) is 0 Å². The van der Waals surface area contributed by atoms with Gasteiger partial charge in [-0.25, -0.2) is 4.79 Å². The third kappa shape index (κ3) is 5.63. The Hall–Kier alpha value is -1.75. The quantitative estimate of drug-likeness (QED) is 0.276. The lowest BCUT2D eigenvalue weighted by atomic mass is 9.87. The van der Waals surface area contributed by atoms with Crippen molar-refractivity contribution >= 4 is 5.97 Å². The Balaban J connectivity index is 3.41. The van der Waals surface area contributed by atoms with Crippen molar-refractivity contribution in [1.29, 1.82) is 0 Å². The molecule has 0 saturated heterocycles. The molecule has 0 atom stereocenters. The Morgan fingerprint density at radius 1 is 0.846 bits per heavy atom. The molecule has 2 N–H and O–H groups in total. The zero-order valence-corrected chi connectivity index (χ0v) is 16.7. The minimum atomic E-state index is -1.12. The normalized spacial score (nSPS) is 10.9. The first kappa shape index (κ1) is 22.3. The van der Waals surface area contributed by atoms with E-state index in [-0.39, 0.29) is 17.1 Å². The predicted octanol–water partition coefficient (Wildman–Crippen LogP) is 5.45. The molecule has 5 heteroatoms. The molecule has 148 valence electrons. The number of carbonyl (C=O) groups is 1. The number of benzene rings is 1. The fraction of sp³-hybridized carbons (Fsp3) is 0.667. The molecule has 0 unspecified atom stereocenters. The Morgan fingerprint density at radius 2 is 1.42 bits per heavy atom. The summed E-state index contributed by atoms with van der Waals surface area (Å²) in [4.78, 5) is 22.6. The van der Waals surface area contributed by atoms with Crippen molar-refractivity contribution < 1.29 is 24.8 Å². The number of phenols is 1. The maximum absolute atomic E-state index is 11.9. The molecule has 0 saturated carbocycles. The lowest BCUT2D eigenvalue weighted by Crippen LogP contribution is -2.13. The van der Waals surface area contributed by atoms with E-state index < -0.39 is 5.97 Å². The largest absolute Gasteiger partial charge is 0.504 e. The Morgan fingerprint density at radius 3 is 1.96 bits per heavy atom. The van der Waals surface area contributed by atoms with Gasteiger partial charge >= 0.3 is 5.97 Å². The van der Waals surface area contributed by atoms with Crippen LogP contribution in [0.15, 0.2) is 0 Å². The number of rotatable bonds is 13. The van der Waals surface area contributed by atoms with E-state index in [1.807, 2.05) is 6.92 Å². The topological polar surface area (TPSA) is 76.0 Å². The average molecular weight is 366 g/mol. The number of hydrogen-bond donors (Lipinski definition) is 2. The highest BCUT2D eigenvalue weighted by Gasteiger charge is 2.28. The third-order valence-corrected chi connectivity index (χ3v) is 4.44. The molecule has 0 amide bonds. The molecule has 1 aromatic carbocycles. The fourth-order valence-corrected chi connectivity index (χ4v) is 3.29. The lowest BCUT2D eigenvalue weighted by molar-refractivity contribution is -0.208. The monoisotopic (exact) mass is 366 g/mol. The molecule has 0 aromatic heterocycles. The van der Waals surface area contributed by atoms with Gasteiger partial charge in [0.1, 0.15) is 5.56 Å². The molecule has 0 aliphatic carbocycles. The number of carboxylic acid groups (broad SMARTS) is 1. The summed E-state index contributed by atoms with van der Waals surface area (Å²) in [5.74, 6) is -1.24. The summed E-state index contributed by atoms with van der Waals surface area (Å²) in [6.45, 7) is 8.67. The molecule has 0 aliphatic heterocycles. The van der Waals surface area contributed by atoms with Gasteiger partial charge in [-0.3, -0.25) is 0 Å². The molecular weight excluding hydrogens is 332 g/mol. The van der Waals surface area contributed by atoms with E-state index in [0.29, 0.717) is 19.4 Å². The van der Waals surface area contributed by atoms with Crippen LogP contribution in [0.3, 0.4) is 0 Å². The van der Waals surface area contributed by atoms with E-state index in [0.717, 1.165) is 61.6 Å². The SMILES string of the molecule is CCCCCOOc1c(O)c(C(=O)O)c(CCC)c(CCC)c1CCC. The number of unbranched alkanes of at least 4 members (excludes halogenated alkanes) is 2. The van der Waals surface area contributed by atoms with Crippen molar-refractivity contribution in [3.63, 3.8) is 0 Å². The highest BCUT2D eigenvalue weighted by atomic mass is 17.2. The van der Waals surface area contributed by atoms with Crippen LogP contribution in [-0.2, 0) is 24.2 Å². The maximum Gasteiger partial charge on any atom is 0.339 e. The average Bonchev–Trinajstić information content (AvgIpc) is 2.60. The summed E-state index contributed by atoms with van der Waals surface area (Å²) in [5, 5.41) is 20.4. The van der Waals surface area contributed by atoms with Crippen LogP contribution in [0, 0.1) is 0 Å². The van der Waals surface area contributed by atoms with Gasteiger partial charge < -0.3 is 15.1 Å². The van der Waals surface area contributed by atoms with E-state index in [9.17, 15) is 15.0 Å². The highest BCUT2D eigenvalue weighted by Crippen LogP contribution is 2.41. The summed E-state index contributed by atoms with van der Waals surface area (Å²) >= 11 is 0. The second-order valence-electron chi connectivity index (χ2n) is 6.66. The zero-order valence-electron chi connectivity index (χ0n) is 16.7. The van der Waals surface area contributed by atoms with Gasteiger partial charge in [0.2, 0.25) is 5.75 Å². The van der Waals surface area contributed by atoms with Crippen molar-refractivity contribution in [3.05, 3.63) is 22.3 Å². The number of carboxylic acids is 1. The van der Waals surface area contributed by atoms with Crippen molar-refractivity contribution in [3.8, 4) is 11.5 Å². The first-order valence-corrected chi connectivity index (χ1v) is 9.95. The molecule has 0 spiro atoms. The summed E-state index contributed by atoms with van der Waals surface area (Å²) in [6.07, 6.45) is 7.66. The van der Waals surface area contributed by atoms with Gasteiger partial charge in [0, 0.05) is 5.56 Å². The van der Waals surface area contributed by atoms with E-state index in [1.54, 1.807) is 0 Å². The van der Waals surface area contributed by atoms with Crippen LogP contribution >= 0.6 is 0 Å². The minimum absolute atomic E-state index is 0.0395. The van der Waals surface area contributed by atoms with Gasteiger partial charge in [-0.05, 0) is 36.8 Å². The molecule has 0 radical (unpaired) electrons. The maximum atomic E-state index is 11.9. The minimum Gasteiger partial charge on any atom is -0.504 e. The second-order valence-corrected chi connectivity index (χ2v) is 6.66. The Bertz CT molecular complexity index is 580. The van der Waals surface area contributed by atoms with Gasteiger partial charge in [0.25, 0.3) is 0 Å². The highest BCUT2D eigenvalue weighted by molar-refractivity contribution is 5.94.